The van der Waals surface area contributed by atoms with Crippen molar-refractivity contribution in [2.75, 3.05) is 13.7 Å². The maximum atomic E-state index is 13.7. The van der Waals surface area contributed by atoms with Gasteiger partial charge in [0.05, 0.1) is 48.5 Å². The van der Waals surface area contributed by atoms with Crippen LogP contribution in [0.1, 0.15) is 75.2 Å². The number of aromatic amines is 2. The molecule has 3 fully saturated rings. The van der Waals surface area contributed by atoms with Crippen LogP contribution in [0, 0.1) is 11.8 Å². The van der Waals surface area contributed by atoms with Crippen LogP contribution in [0.5, 0.6) is 0 Å². The summed E-state index contributed by atoms with van der Waals surface area (Å²) in [7, 11) is 1.30. The summed E-state index contributed by atoms with van der Waals surface area (Å²) in [5, 5.41) is 7.18. The monoisotopic (exact) mass is 799 g/mol. The van der Waals surface area contributed by atoms with E-state index in [2.05, 4.69) is 80.8 Å². The Bertz CT molecular complexity index is 2770. The number of H-pyrrole nitrogens is 2. The predicted octanol–water partition coefficient (Wildman–Crippen LogP) is 9.27. The number of rotatable bonds is 9. The van der Waals surface area contributed by atoms with Crippen LogP contribution in [0.3, 0.4) is 0 Å². The molecule has 11 nitrogen and oxygen atoms in total. The van der Waals surface area contributed by atoms with Crippen LogP contribution in [0.4, 0.5) is 4.79 Å². The summed E-state index contributed by atoms with van der Waals surface area (Å²) >= 11 is 0. The molecule has 7 aromatic rings. The number of carbonyl (C=O) groups is 3. The Morgan fingerprint density at radius 1 is 0.833 bits per heavy atom. The summed E-state index contributed by atoms with van der Waals surface area (Å²) in [5.74, 6) is 2.03. The zero-order valence-electron chi connectivity index (χ0n) is 34.2. The molecule has 2 aromatic heterocycles. The van der Waals surface area contributed by atoms with Gasteiger partial charge in [-0.25, -0.2) is 14.8 Å². The van der Waals surface area contributed by atoms with E-state index in [1.807, 2.05) is 61.3 Å². The van der Waals surface area contributed by atoms with Gasteiger partial charge in [-0.3, -0.25) is 9.59 Å². The molecule has 2 saturated heterocycles. The third-order valence-electron chi connectivity index (χ3n) is 13.2. The van der Waals surface area contributed by atoms with E-state index in [-0.39, 0.29) is 35.9 Å². The van der Waals surface area contributed by atoms with Gasteiger partial charge in [-0.1, -0.05) is 86.6 Å². The number of aromatic nitrogens is 4. The summed E-state index contributed by atoms with van der Waals surface area (Å²) in [5.41, 5.74) is 7.12. The van der Waals surface area contributed by atoms with E-state index in [1.54, 1.807) is 0 Å². The number of methoxy groups -OCH3 is 1. The Labute approximate surface area is 348 Å². The van der Waals surface area contributed by atoms with E-state index in [9.17, 15) is 14.4 Å². The number of hydrogen-bond acceptors (Lipinski definition) is 6. The minimum atomic E-state index is -0.684. The normalized spacial score (nSPS) is 20.5. The van der Waals surface area contributed by atoms with Gasteiger partial charge in [-0.15, -0.1) is 0 Å². The van der Waals surface area contributed by atoms with Crippen LogP contribution in [0.15, 0.2) is 103 Å². The van der Waals surface area contributed by atoms with Crippen molar-refractivity contribution in [1.29, 1.82) is 0 Å². The van der Waals surface area contributed by atoms with Gasteiger partial charge in [0, 0.05) is 23.5 Å². The number of carbonyl (C=O) groups excluding carboxylic acids is 3. The summed E-state index contributed by atoms with van der Waals surface area (Å²) in [4.78, 5) is 60.5. The number of nitrogens with zero attached hydrogens (tertiary/aromatic N) is 4. The number of benzene rings is 5. The molecule has 11 heteroatoms. The van der Waals surface area contributed by atoms with Crippen LogP contribution in [0.2, 0.25) is 0 Å². The van der Waals surface area contributed by atoms with Crippen molar-refractivity contribution in [3.8, 4) is 22.4 Å². The van der Waals surface area contributed by atoms with Crippen LogP contribution in [-0.4, -0.2) is 73.4 Å². The van der Waals surface area contributed by atoms with E-state index >= 15 is 0 Å². The average Bonchev–Trinajstić information content (AvgIpc) is 4.13. The predicted molar refractivity (Wildman–Crippen MR) is 233 cm³/mol. The van der Waals surface area contributed by atoms with Crippen molar-refractivity contribution in [1.82, 2.24) is 35.1 Å². The molecule has 0 radical (unpaired) electrons. The molecule has 3 N–H and O–H groups in total. The molecule has 0 spiro atoms. The quantitative estimate of drug-likeness (QED) is 0.133. The van der Waals surface area contributed by atoms with Crippen LogP contribution in [-0.2, 0) is 20.7 Å². The lowest BCUT2D eigenvalue weighted by atomic mass is 9.97. The summed E-state index contributed by atoms with van der Waals surface area (Å²) in [6, 6.07) is 33.2. The number of piperidine rings is 1. The van der Waals surface area contributed by atoms with Gasteiger partial charge in [0.15, 0.2) is 0 Å². The Kier molecular flexibility index (Phi) is 9.61. The first-order valence-corrected chi connectivity index (χ1v) is 21.2. The van der Waals surface area contributed by atoms with Crippen LogP contribution in [0.25, 0.3) is 55.0 Å². The van der Waals surface area contributed by atoms with Crippen molar-refractivity contribution < 1.29 is 19.1 Å². The highest BCUT2D eigenvalue weighted by atomic mass is 16.5. The summed E-state index contributed by atoms with van der Waals surface area (Å²) < 4.78 is 4.80. The van der Waals surface area contributed by atoms with Gasteiger partial charge < -0.3 is 29.8 Å². The van der Waals surface area contributed by atoms with E-state index in [0.29, 0.717) is 18.9 Å². The number of likely N-dealkylation sites (tertiary alicyclic amines) is 2. The van der Waals surface area contributed by atoms with Gasteiger partial charge in [0.25, 0.3) is 0 Å². The molecule has 304 valence electrons. The highest BCUT2D eigenvalue weighted by molar-refractivity contribution is 6.05. The molecule has 4 heterocycles. The second-order valence-electron chi connectivity index (χ2n) is 17.2. The molecular weight excluding hydrogens is 751 g/mol. The molecule has 5 aromatic carbocycles. The minimum absolute atomic E-state index is 0.0146. The number of amides is 3. The van der Waals surface area contributed by atoms with Crippen molar-refractivity contribution in [3.63, 3.8) is 0 Å². The summed E-state index contributed by atoms with van der Waals surface area (Å²) in [6.45, 7) is 4.44. The molecule has 1 aliphatic carbocycles. The SMILES string of the molecule is COC(=O)N[C@H](C(=O)N1CCC[C@H]1c1nc2ccc3cc(-c4ccc5cc(-c6cnc([C@@H]7[C@H]8CC[C@H](C8)N7C(=O)Cc7ccccc7)[nH]6)ccc5c4)ccc3c2[nH]1)C(C)C. The number of hydrogen-bond donors (Lipinski definition) is 3. The molecular formula is C49H49N7O4. The fourth-order valence-corrected chi connectivity index (χ4v) is 10.1. The van der Waals surface area contributed by atoms with Crippen LogP contribution < -0.4 is 5.32 Å². The zero-order valence-corrected chi connectivity index (χ0v) is 34.2. The van der Waals surface area contributed by atoms with E-state index in [1.165, 1.54) is 7.11 Å². The number of nitrogens with one attached hydrogen (secondary N) is 3. The first-order valence-electron chi connectivity index (χ1n) is 21.2. The molecule has 60 heavy (non-hydrogen) atoms. The Morgan fingerprint density at radius 3 is 2.35 bits per heavy atom. The second kappa shape index (κ2) is 15.3. The highest BCUT2D eigenvalue weighted by Crippen LogP contribution is 2.50. The first kappa shape index (κ1) is 37.8. The Morgan fingerprint density at radius 2 is 1.57 bits per heavy atom. The fourth-order valence-electron chi connectivity index (χ4n) is 10.1. The van der Waals surface area contributed by atoms with Crippen LogP contribution >= 0.6 is 0 Å². The van der Waals surface area contributed by atoms with Gasteiger partial charge in [-0.2, -0.15) is 0 Å². The lowest BCUT2D eigenvalue weighted by Crippen LogP contribution is -2.51. The van der Waals surface area contributed by atoms with Gasteiger partial charge in [0.1, 0.15) is 17.7 Å². The maximum Gasteiger partial charge on any atom is 0.407 e. The third-order valence-corrected chi connectivity index (χ3v) is 13.2. The molecule has 0 unspecified atom stereocenters. The van der Waals surface area contributed by atoms with Gasteiger partial charge in [0.2, 0.25) is 11.8 Å². The molecule has 10 rings (SSSR count). The van der Waals surface area contributed by atoms with Crippen molar-refractivity contribution in [2.45, 2.75) is 76.5 Å². The smallest absolute Gasteiger partial charge is 0.407 e. The zero-order chi connectivity index (χ0) is 41.1. The largest absolute Gasteiger partial charge is 0.453 e. The molecule has 3 aliphatic rings. The lowest BCUT2D eigenvalue weighted by Gasteiger charge is -2.34. The topological polar surface area (TPSA) is 136 Å². The average molecular weight is 800 g/mol. The van der Waals surface area contributed by atoms with E-state index in [0.717, 1.165) is 104 Å². The van der Waals surface area contributed by atoms with E-state index < -0.39 is 12.1 Å². The molecule has 3 amide bonds. The molecule has 2 bridgehead atoms. The standard InChI is InChI=1S/C49H49N7O4/c1-28(2)43(54-49(59)60-3)48(58)55-21-7-10-41(55)46-51-39-20-17-34-24-33(16-19-38(34)44(39)53-46)30-11-12-32-25-35(14-13-31(32)23-30)40-27-50-47(52-40)45-36-15-18-37(26-36)56(45)42(57)22-29-8-5-4-6-9-29/h4-6,8-9,11-14,16-17,19-20,23-25,27-28,36-37,41,43,45H,7,10,15,18,21-22,26H2,1-3H3,(H,50,52)(H,51,53)(H,54,59)/t36-,37+,41-,43-,45-/m0/s1. The number of alkyl carbamates (subject to hydrolysis) is 1. The fraction of sp³-hybridized carbons (Fsp3) is 0.327. The van der Waals surface area contributed by atoms with Gasteiger partial charge >= 0.3 is 6.09 Å². The first-order chi connectivity index (χ1) is 29.2. The van der Waals surface area contributed by atoms with Crippen molar-refractivity contribution >= 4 is 50.5 Å². The Hall–Kier alpha value is -6.49. The second-order valence-corrected chi connectivity index (χ2v) is 17.2. The number of imidazole rings is 2. The van der Waals surface area contributed by atoms with Gasteiger partial charge in [-0.05, 0) is 101 Å². The summed E-state index contributed by atoms with van der Waals surface area (Å²) in [6.07, 6.45) is 6.62. The van der Waals surface area contributed by atoms with E-state index in [4.69, 9.17) is 14.7 Å². The Balaban J connectivity index is 0.874. The molecule has 5 atom stereocenters. The number of fused-ring (bicyclic) bond motifs is 6. The van der Waals surface area contributed by atoms with Crippen molar-refractivity contribution in [3.05, 3.63) is 120 Å². The third kappa shape index (κ3) is 6.75. The number of ether oxygens (including phenoxy) is 1. The molecule has 1 saturated carbocycles. The maximum absolute atomic E-state index is 13.7. The molecule has 2 aliphatic heterocycles. The van der Waals surface area contributed by atoms with Crippen molar-refractivity contribution in [2.24, 2.45) is 11.8 Å². The highest BCUT2D eigenvalue weighted by Gasteiger charge is 2.49. The lowest BCUT2D eigenvalue weighted by molar-refractivity contribution is -0.136. The minimum Gasteiger partial charge on any atom is -0.453 e.